The van der Waals surface area contributed by atoms with Crippen LogP contribution in [0.25, 0.3) is 0 Å². The molecule has 0 radical (unpaired) electrons. The van der Waals surface area contributed by atoms with Gasteiger partial charge in [0.05, 0.1) is 0 Å². The van der Waals surface area contributed by atoms with Gasteiger partial charge in [-0.15, -0.1) is 0 Å². The third kappa shape index (κ3) is 8.51. The molecule has 7 heteroatoms. The number of phosphoric acid groups is 1. The molecule has 0 fully saturated rings. The molecule has 0 aromatic heterocycles. The molecule has 0 bridgehead atoms. The van der Waals surface area contributed by atoms with Crippen LogP contribution in [0.2, 0.25) is 0 Å². The highest BCUT2D eigenvalue weighted by atomic mass is 31.2. The number of carbonyl (C=O) groups excluding carboxylic acids is 2. The first-order chi connectivity index (χ1) is 18.7. The predicted octanol–water partition coefficient (Wildman–Crippen LogP) is 7.49. The molecule has 0 saturated heterocycles. The van der Waals surface area contributed by atoms with Crippen molar-refractivity contribution in [3.63, 3.8) is 0 Å². The Bertz CT molecular complexity index is 1380. The number of rotatable bonds is 12. The fourth-order valence-electron chi connectivity index (χ4n) is 4.08. The summed E-state index contributed by atoms with van der Waals surface area (Å²) < 4.78 is 23.3. The minimum Gasteiger partial charge on any atom is -0.395 e. The fraction of sp³-hybridized carbons (Fsp3) is 0.188. The van der Waals surface area contributed by atoms with Gasteiger partial charge in [0.2, 0.25) is 0 Å². The fourth-order valence-corrected chi connectivity index (χ4v) is 4.88. The highest BCUT2D eigenvalue weighted by molar-refractivity contribution is 7.48. The summed E-state index contributed by atoms with van der Waals surface area (Å²) in [4.78, 5) is 35.4. The number of phosphoric ester groups is 1. The van der Waals surface area contributed by atoms with Crippen molar-refractivity contribution < 1.29 is 28.1 Å². The number of hydrogen-bond acceptors (Lipinski definition) is 5. The van der Waals surface area contributed by atoms with Gasteiger partial charge in [0.1, 0.15) is 11.5 Å². The summed E-state index contributed by atoms with van der Waals surface area (Å²) in [5.74, 6) is 0.387. The minimum absolute atomic E-state index is 0.0259. The van der Waals surface area contributed by atoms with Gasteiger partial charge in [-0.25, -0.2) is 4.57 Å². The van der Waals surface area contributed by atoms with Gasteiger partial charge in [-0.3, -0.25) is 14.5 Å². The Labute approximate surface area is 228 Å². The van der Waals surface area contributed by atoms with Crippen molar-refractivity contribution in [2.45, 2.75) is 39.5 Å². The lowest BCUT2D eigenvalue weighted by Gasteiger charge is -2.15. The van der Waals surface area contributed by atoms with Crippen LogP contribution in [-0.4, -0.2) is 16.5 Å². The Morgan fingerprint density at radius 1 is 0.641 bits per heavy atom. The van der Waals surface area contributed by atoms with Crippen molar-refractivity contribution in [2.24, 2.45) is 0 Å². The molecule has 0 aliphatic heterocycles. The third-order valence-corrected chi connectivity index (χ3v) is 7.15. The van der Waals surface area contributed by atoms with Crippen LogP contribution in [-0.2, 0) is 17.4 Å². The van der Waals surface area contributed by atoms with Gasteiger partial charge >= 0.3 is 7.82 Å². The van der Waals surface area contributed by atoms with Crippen LogP contribution in [0.5, 0.6) is 11.5 Å². The molecule has 39 heavy (non-hydrogen) atoms. The molecular weight excluding hydrogens is 511 g/mol. The van der Waals surface area contributed by atoms with Crippen LogP contribution in [0, 0.1) is 13.8 Å². The average Bonchev–Trinajstić information content (AvgIpc) is 2.91. The molecule has 0 heterocycles. The summed E-state index contributed by atoms with van der Waals surface area (Å²) in [6.07, 6.45) is 1.53. The van der Waals surface area contributed by atoms with Crippen molar-refractivity contribution in [1.82, 2.24) is 0 Å². The summed E-state index contributed by atoms with van der Waals surface area (Å²) in [6, 6.07) is 28.3. The smallest absolute Gasteiger partial charge is 0.395 e. The van der Waals surface area contributed by atoms with Crippen LogP contribution in [0.3, 0.4) is 0 Å². The number of hydrogen-bond donors (Lipinski definition) is 1. The second-order valence-corrected chi connectivity index (χ2v) is 10.8. The van der Waals surface area contributed by atoms with Gasteiger partial charge in [0, 0.05) is 24.0 Å². The number of benzene rings is 4. The normalized spacial score (nSPS) is 11.2. The highest BCUT2D eigenvalue weighted by Crippen LogP contribution is 2.44. The van der Waals surface area contributed by atoms with Crippen LogP contribution >= 0.6 is 7.82 Å². The molecule has 0 aliphatic rings. The second-order valence-electron chi connectivity index (χ2n) is 9.52. The topological polar surface area (TPSA) is 89.9 Å². The lowest BCUT2D eigenvalue weighted by atomic mass is 10.0. The second kappa shape index (κ2) is 12.7. The van der Waals surface area contributed by atoms with E-state index in [4.69, 9.17) is 9.05 Å². The summed E-state index contributed by atoms with van der Waals surface area (Å²) in [6.45, 7) is 3.94. The van der Waals surface area contributed by atoms with Gasteiger partial charge in [-0.2, -0.15) is 0 Å². The molecule has 6 nitrogen and oxygen atoms in total. The zero-order valence-corrected chi connectivity index (χ0v) is 22.9. The summed E-state index contributed by atoms with van der Waals surface area (Å²) in [7, 11) is -4.49. The SMILES string of the molecule is Cc1ccc(C(=O)CCc2cccc(OP(=O)(O)Oc3cccc(CCC(=O)c4ccc(C)cc4)c3)c2)cc1. The van der Waals surface area contributed by atoms with Crippen LogP contribution < -0.4 is 9.05 Å². The van der Waals surface area contributed by atoms with E-state index >= 15 is 0 Å². The molecule has 4 rings (SSSR count). The Hall–Kier alpha value is -3.99. The molecule has 0 amide bonds. The van der Waals surface area contributed by atoms with E-state index in [0.717, 1.165) is 22.3 Å². The first-order valence-electron chi connectivity index (χ1n) is 12.8. The zero-order valence-electron chi connectivity index (χ0n) is 22.0. The first-order valence-corrected chi connectivity index (χ1v) is 14.3. The van der Waals surface area contributed by atoms with Gasteiger partial charge < -0.3 is 9.05 Å². The maximum Gasteiger partial charge on any atom is 0.584 e. The van der Waals surface area contributed by atoms with Crippen molar-refractivity contribution in [1.29, 1.82) is 0 Å². The van der Waals surface area contributed by atoms with E-state index < -0.39 is 7.82 Å². The number of ketones is 2. The van der Waals surface area contributed by atoms with Gasteiger partial charge in [0.15, 0.2) is 11.6 Å². The highest BCUT2D eigenvalue weighted by Gasteiger charge is 2.25. The average molecular weight is 543 g/mol. The molecule has 0 saturated carbocycles. The number of aryl methyl sites for hydroxylation is 4. The zero-order chi connectivity index (χ0) is 27.8. The van der Waals surface area contributed by atoms with E-state index in [1.54, 1.807) is 36.4 Å². The lowest BCUT2D eigenvalue weighted by molar-refractivity contribution is 0.0975. The quantitative estimate of drug-likeness (QED) is 0.147. The molecule has 0 spiro atoms. The van der Waals surface area contributed by atoms with Gasteiger partial charge in [-0.1, -0.05) is 83.9 Å². The van der Waals surface area contributed by atoms with E-state index in [1.807, 2.05) is 74.5 Å². The summed E-state index contributed by atoms with van der Waals surface area (Å²) in [5.41, 5.74) is 5.09. The lowest BCUT2D eigenvalue weighted by Crippen LogP contribution is -2.03. The molecule has 4 aromatic rings. The number of carbonyl (C=O) groups is 2. The first kappa shape index (κ1) is 28.0. The predicted molar refractivity (Wildman–Crippen MR) is 152 cm³/mol. The van der Waals surface area contributed by atoms with Gasteiger partial charge in [-0.05, 0) is 62.1 Å². The molecule has 200 valence electrons. The largest absolute Gasteiger partial charge is 0.584 e. The van der Waals surface area contributed by atoms with Crippen molar-refractivity contribution in [3.8, 4) is 11.5 Å². The minimum atomic E-state index is -4.49. The summed E-state index contributed by atoms with van der Waals surface area (Å²) in [5, 5.41) is 0. The van der Waals surface area contributed by atoms with E-state index in [-0.39, 0.29) is 23.1 Å². The van der Waals surface area contributed by atoms with Crippen molar-refractivity contribution in [2.75, 3.05) is 0 Å². The molecule has 1 N–H and O–H groups in total. The maximum absolute atomic E-state index is 12.7. The third-order valence-electron chi connectivity index (χ3n) is 6.27. The molecular formula is C32H31O6P. The van der Waals surface area contributed by atoms with Crippen LogP contribution in [0.15, 0.2) is 97.1 Å². The molecule has 0 aliphatic carbocycles. The van der Waals surface area contributed by atoms with Gasteiger partial charge in [0.25, 0.3) is 0 Å². The monoisotopic (exact) mass is 542 g/mol. The van der Waals surface area contributed by atoms with Crippen LogP contribution in [0.4, 0.5) is 0 Å². The Morgan fingerprint density at radius 3 is 1.41 bits per heavy atom. The van der Waals surface area contributed by atoms with Crippen molar-refractivity contribution >= 4 is 19.4 Å². The molecule has 0 atom stereocenters. The van der Waals surface area contributed by atoms with E-state index in [9.17, 15) is 19.0 Å². The maximum atomic E-state index is 12.7. The standard InChI is InChI=1S/C32H31O6P/c1-23-9-15-27(16-10-23)31(33)19-13-25-5-3-7-29(21-25)37-39(35,36)38-30-8-4-6-26(22-30)14-20-32(34)28-17-11-24(2)12-18-28/h3-12,15-18,21-22H,13-14,19-20H2,1-2H3,(H,35,36). The Kier molecular flexibility index (Phi) is 9.13. The van der Waals surface area contributed by atoms with E-state index in [1.165, 1.54) is 0 Å². The Morgan fingerprint density at radius 2 is 1.03 bits per heavy atom. The number of Topliss-reactive ketones (excluding diaryl/α,β-unsaturated/α-hetero) is 2. The van der Waals surface area contributed by atoms with E-state index in [0.29, 0.717) is 36.8 Å². The van der Waals surface area contributed by atoms with Crippen LogP contribution in [0.1, 0.15) is 55.8 Å². The summed E-state index contributed by atoms with van der Waals surface area (Å²) >= 11 is 0. The van der Waals surface area contributed by atoms with Crippen molar-refractivity contribution in [3.05, 3.63) is 130 Å². The molecule has 0 unspecified atom stereocenters. The van der Waals surface area contributed by atoms with E-state index in [2.05, 4.69) is 0 Å². The Balaban J connectivity index is 1.32. The molecule has 4 aromatic carbocycles.